The lowest BCUT2D eigenvalue weighted by Crippen LogP contribution is -2.20. The molecule has 1 N–H and O–H groups in total. The van der Waals surface area contributed by atoms with Crippen LogP contribution in [0.3, 0.4) is 0 Å². The van der Waals surface area contributed by atoms with Gasteiger partial charge in [0.2, 0.25) is 0 Å². The van der Waals surface area contributed by atoms with E-state index in [4.69, 9.17) is 4.74 Å². The Bertz CT molecular complexity index is 465. The first-order chi connectivity index (χ1) is 9.40. The first kappa shape index (κ1) is 13.8. The van der Waals surface area contributed by atoms with Crippen molar-refractivity contribution in [2.45, 2.75) is 19.5 Å². The van der Waals surface area contributed by atoms with Gasteiger partial charge in [-0.25, -0.2) is 0 Å². The molecule has 19 heavy (non-hydrogen) atoms. The molecule has 2 rings (SSSR count). The minimum Gasteiger partial charge on any atom is -0.383 e. The molecule has 0 aliphatic carbocycles. The summed E-state index contributed by atoms with van der Waals surface area (Å²) in [5.41, 5.74) is 2.71. The van der Waals surface area contributed by atoms with Gasteiger partial charge < -0.3 is 14.6 Å². The zero-order chi connectivity index (χ0) is 13.3. The third-order valence-corrected chi connectivity index (χ3v) is 3.20. The van der Waals surface area contributed by atoms with Gasteiger partial charge in [-0.05, 0) is 24.1 Å². The molecule has 0 aliphatic heterocycles. The van der Waals surface area contributed by atoms with E-state index < -0.39 is 0 Å². The van der Waals surface area contributed by atoms with E-state index in [1.165, 1.54) is 11.3 Å². The van der Waals surface area contributed by atoms with Gasteiger partial charge in [0.1, 0.15) is 0 Å². The maximum atomic E-state index is 5.03. The van der Waals surface area contributed by atoms with Crippen LogP contribution in [-0.2, 0) is 24.2 Å². The number of aryl methyl sites for hydroxylation is 2. The molecule has 0 saturated carbocycles. The minimum atomic E-state index is 0.755. The van der Waals surface area contributed by atoms with Crippen molar-refractivity contribution in [3.63, 3.8) is 0 Å². The quantitative estimate of drug-likeness (QED) is 0.736. The summed E-state index contributed by atoms with van der Waals surface area (Å²) in [7, 11) is 1.73. The van der Waals surface area contributed by atoms with Crippen LogP contribution in [-0.4, -0.2) is 24.8 Å². The monoisotopic (exact) mass is 258 g/mol. The van der Waals surface area contributed by atoms with Crippen LogP contribution in [0.15, 0.2) is 48.7 Å². The Hall–Kier alpha value is -1.58. The molecule has 0 bridgehead atoms. The predicted molar refractivity (Wildman–Crippen MR) is 78.2 cm³/mol. The Balaban J connectivity index is 1.82. The predicted octanol–water partition coefficient (Wildman–Crippen LogP) is 2.47. The van der Waals surface area contributed by atoms with Crippen LogP contribution in [0.25, 0.3) is 0 Å². The van der Waals surface area contributed by atoms with Crippen LogP contribution < -0.4 is 5.32 Å². The van der Waals surface area contributed by atoms with Crippen LogP contribution in [0, 0.1) is 0 Å². The number of methoxy groups -OCH3 is 1. The zero-order valence-corrected chi connectivity index (χ0v) is 11.5. The van der Waals surface area contributed by atoms with E-state index in [-0.39, 0.29) is 0 Å². The molecule has 0 unspecified atom stereocenters. The molecule has 102 valence electrons. The largest absolute Gasteiger partial charge is 0.383 e. The standard InChI is InChI=1S/C16H22N2O/c1-19-13-10-17-14-16-8-5-11-18(16)12-9-15-6-3-2-4-7-15/h2-8,11,17H,9-10,12-14H2,1H3. The average molecular weight is 258 g/mol. The van der Waals surface area contributed by atoms with Gasteiger partial charge in [-0.15, -0.1) is 0 Å². The molecule has 3 heteroatoms. The second-order valence-electron chi connectivity index (χ2n) is 4.60. The number of ether oxygens (including phenoxy) is 1. The van der Waals surface area contributed by atoms with E-state index in [0.29, 0.717) is 0 Å². The van der Waals surface area contributed by atoms with Gasteiger partial charge in [-0.3, -0.25) is 0 Å². The van der Waals surface area contributed by atoms with Crippen molar-refractivity contribution < 1.29 is 4.74 Å². The normalized spacial score (nSPS) is 10.8. The van der Waals surface area contributed by atoms with Gasteiger partial charge >= 0.3 is 0 Å². The van der Waals surface area contributed by atoms with E-state index in [1.54, 1.807) is 7.11 Å². The van der Waals surface area contributed by atoms with E-state index in [2.05, 4.69) is 58.5 Å². The highest BCUT2D eigenvalue weighted by Gasteiger charge is 2.00. The lowest BCUT2D eigenvalue weighted by Gasteiger charge is -2.10. The van der Waals surface area contributed by atoms with Crippen molar-refractivity contribution in [1.29, 1.82) is 0 Å². The molecule has 3 nitrogen and oxygen atoms in total. The van der Waals surface area contributed by atoms with Crippen LogP contribution in [0.5, 0.6) is 0 Å². The molecule has 0 aliphatic rings. The second-order valence-corrected chi connectivity index (χ2v) is 4.60. The maximum absolute atomic E-state index is 5.03. The molecule has 0 saturated heterocycles. The molecule has 1 aromatic heterocycles. The summed E-state index contributed by atoms with van der Waals surface area (Å²) < 4.78 is 7.34. The molecule has 0 fully saturated rings. The Morgan fingerprint density at radius 1 is 1.11 bits per heavy atom. The maximum Gasteiger partial charge on any atom is 0.0587 e. The molecule has 2 aromatic rings. The van der Waals surface area contributed by atoms with Crippen molar-refractivity contribution in [2.75, 3.05) is 20.3 Å². The SMILES string of the molecule is COCCNCc1cccn1CCc1ccccc1. The summed E-state index contributed by atoms with van der Waals surface area (Å²) in [4.78, 5) is 0. The number of hydrogen-bond acceptors (Lipinski definition) is 2. The van der Waals surface area contributed by atoms with Crippen molar-refractivity contribution in [1.82, 2.24) is 9.88 Å². The van der Waals surface area contributed by atoms with E-state index in [9.17, 15) is 0 Å². The third-order valence-electron chi connectivity index (χ3n) is 3.20. The fourth-order valence-electron chi connectivity index (χ4n) is 2.11. The topological polar surface area (TPSA) is 26.2 Å². The fraction of sp³-hybridized carbons (Fsp3) is 0.375. The molecular weight excluding hydrogens is 236 g/mol. The van der Waals surface area contributed by atoms with Crippen LogP contribution in [0.4, 0.5) is 0 Å². The van der Waals surface area contributed by atoms with Crippen LogP contribution >= 0.6 is 0 Å². The van der Waals surface area contributed by atoms with Gasteiger partial charge in [0, 0.05) is 38.6 Å². The number of aromatic nitrogens is 1. The van der Waals surface area contributed by atoms with Gasteiger partial charge in [0.25, 0.3) is 0 Å². The number of nitrogens with zero attached hydrogens (tertiary/aromatic N) is 1. The van der Waals surface area contributed by atoms with Gasteiger partial charge in [-0.1, -0.05) is 30.3 Å². The summed E-state index contributed by atoms with van der Waals surface area (Å²) >= 11 is 0. The lowest BCUT2D eigenvalue weighted by atomic mass is 10.1. The smallest absolute Gasteiger partial charge is 0.0587 e. The van der Waals surface area contributed by atoms with Crippen LogP contribution in [0.2, 0.25) is 0 Å². The number of hydrogen-bond donors (Lipinski definition) is 1. The third kappa shape index (κ3) is 4.54. The number of benzene rings is 1. The zero-order valence-electron chi connectivity index (χ0n) is 11.5. The van der Waals surface area contributed by atoms with Crippen molar-refractivity contribution in [2.24, 2.45) is 0 Å². The van der Waals surface area contributed by atoms with Gasteiger partial charge in [0.15, 0.2) is 0 Å². The number of nitrogens with one attached hydrogen (secondary N) is 1. The lowest BCUT2D eigenvalue weighted by molar-refractivity contribution is 0.199. The molecule has 1 heterocycles. The first-order valence-electron chi connectivity index (χ1n) is 6.78. The van der Waals surface area contributed by atoms with Crippen LogP contribution in [0.1, 0.15) is 11.3 Å². The Morgan fingerprint density at radius 2 is 1.95 bits per heavy atom. The van der Waals surface area contributed by atoms with Crippen molar-refractivity contribution in [3.8, 4) is 0 Å². The van der Waals surface area contributed by atoms with Crippen molar-refractivity contribution >= 4 is 0 Å². The summed E-state index contributed by atoms with van der Waals surface area (Å²) in [6.07, 6.45) is 3.22. The summed E-state index contributed by atoms with van der Waals surface area (Å²) in [5, 5.41) is 3.38. The first-order valence-corrected chi connectivity index (χ1v) is 6.78. The molecule has 0 amide bonds. The summed E-state index contributed by atoms with van der Waals surface area (Å²) in [6.45, 7) is 3.56. The second kappa shape index (κ2) is 7.77. The fourth-order valence-corrected chi connectivity index (χ4v) is 2.11. The number of rotatable bonds is 8. The van der Waals surface area contributed by atoms with E-state index in [0.717, 1.165) is 32.7 Å². The highest BCUT2D eigenvalue weighted by Crippen LogP contribution is 2.06. The van der Waals surface area contributed by atoms with E-state index in [1.807, 2.05) is 0 Å². The average Bonchev–Trinajstić information content (AvgIpc) is 2.90. The highest BCUT2D eigenvalue weighted by molar-refractivity contribution is 5.15. The van der Waals surface area contributed by atoms with E-state index >= 15 is 0 Å². The molecular formula is C16H22N2O. The molecule has 0 spiro atoms. The Morgan fingerprint density at radius 3 is 2.74 bits per heavy atom. The summed E-state index contributed by atoms with van der Waals surface area (Å²) in [6, 6.07) is 14.9. The molecule has 1 aromatic carbocycles. The van der Waals surface area contributed by atoms with Gasteiger partial charge in [0.05, 0.1) is 6.61 Å². The van der Waals surface area contributed by atoms with Crippen molar-refractivity contribution in [3.05, 3.63) is 59.9 Å². The minimum absolute atomic E-state index is 0.755. The Kier molecular flexibility index (Phi) is 5.66. The summed E-state index contributed by atoms with van der Waals surface area (Å²) in [5.74, 6) is 0. The Labute approximate surface area is 115 Å². The van der Waals surface area contributed by atoms with Gasteiger partial charge in [-0.2, -0.15) is 0 Å². The molecule has 0 atom stereocenters. The highest BCUT2D eigenvalue weighted by atomic mass is 16.5. The molecule has 0 radical (unpaired) electrons.